The Morgan fingerprint density at radius 2 is 2.07 bits per heavy atom. The SMILES string of the molecule is CCOc1ccc(CN2CCNC(=O)[C@H]2CC(=O)N(C)Cc2cccnc2)cc1. The van der Waals surface area contributed by atoms with Crippen LogP contribution in [0.4, 0.5) is 0 Å². The number of nitrogens with one attached hydrogen (secondary N) is 1. The molecule has 154 valence electrons. The van der Waals surface area contributed by atoms with Crippen LogP contribution in [0.3, 0.4) is 0 Å². The fraction of sp³-hybridized carbons (Fsp3) is 0.409. The molecule has 0 bridgehead atoms. The summed E-state index contributed by atoms with van der Waals surface area (Å²) >= 11 is 0. The zero-order valence-electron chi connectivity index (χ0n) is 17.0. The number of ether oxygens (including phenoxy) is 1. The first-order valence-corrected chi connectivity index (χ1v) is 9.93. The van der Waals surface area contributed by atoms with Gasteiger partial charge in [-0.15, -0.1) is 0 Å². The highest BCUT2D eigenvalue weighted by Gasteiger charge is 2.32. The number of rotatable bonds is 8. The summed E-state index contributed by atoms with van der Waals surface area (Å²) in [5, 5.41) is 2.89. The van der Waals surface area contributed by atoms with Crippen LogP contribution in [0.5, 0.6) is 5.75 Å². The first-order valence-electron chi connectivity index (χ1n) is 9.93. The first-order chi connectivity index (χ1) is 14.1. The van der Waals surface area contributed by atoms with E-state index in [0.717, 1.165) is 16.9 Å². The number of carbonyl (C=O) groups is 2. The maximum absolute atomic E-state index is 12.8. The molecule has 1 aliphatic rings. The average Bonchev–Trinajstić information content (AvgIpc) is 2.73. The Balaban J connectivity index is 1.63. The summed E-state index contributed by atoms with van der Waals surface area (Å²) in [5.74, 6) is 0.675. The summed E-state index contributed by atoms with van der Waals surface area (Å²) in [6.45, 7) is 4.97. The third-order valence-electron chi connectivity index (χ3n) is 5.00. The molecule has 29 heavy (non-hydrogen) atoms. The summed E-state index contributed by atoms with van der Waals surface area (Å²) in [4.78, 5) is 33.1. The number of aromatic nitrogens is 1. The molecule has 2 amide bonds. The Bertz CT molecular complexity index is 811. The van der Waals surface area contributed by atoms with Crippen LogP contribution in [0.1, 0.15) is 24.5 Å². The van der Waals surface area contributed by atoms with Crippen LogP contribution < -0.4 is 10.1 Å². The van der Waals surface area contributed by atoms with Crippen molar-refractivity contribution in [3.63, 3.8) is 0 Å². The quantitative estimate of drug-likeness (QED) is 0.737. The molecule has 1 aromatic carbocycles. The molecular weight excluding hydrogens is 368 g/mol. The Hall–Kier alpha value is -2.93. The van der Waals surface area contributed by atoms with E-state index < -0.39 is 6.04 Å². The molecule has 2 heterocycles. The summed E-state index contributed by atoms with van der Waals surface area (Å²) in [6, 6.07) is 11.2. The number of pyridine rings is 1. The highest BCUT2D eigenvalue weighted by atomic mass is 16.5. The van der Waals surface area contributed by atoms with E-state index in [1.165, 1.54) is 0 Å². The molecule has 0 radical (unpaired) electrons. The van der Waals surface area contributed by atoms with Crippen molar-refractivity contribution in [1.29, 1.82) is 0 Å². The smallest absolute Gasteiger partial charge is 0.237 e. The van der Waals surface area contributed by atoms with Gasteiger partial charge in [0.05, 0.1) is 19.1 Å². The van der Waals surface area contributed by atoms with Gasteiger partial charge in [-0.2, -0.15) is 0 Å². The van der Waals surface area contributed by atoms with Crippen molar-refractivity contribution in [2.75, 3.05) is 26.7 Å². The van der Waals surface area contributed by atoms with Crippen LogP contribution in [0.2, 0.25) is 0 Å². The molecule has 1 N–H and O–H groups in total. The largest absolute Gasteiger partial charge is 0.494 e. The van der Waals surface area contributed by atoms with E-state index in [1.807, 2.05) is 43.3 Å². The molecule has 7 nitrogen and oxygen atoms in total. The van der Waals surface area contributed by atoms with Crippen molar-refractivity contribution < 1.29 is 14.3 Å². The first kappa shape index (κ1) is 20.8. The van der Waals surface area contributed by atoms with Crippen LogP contribution in [0.15, 0.2) is 48.8 Å². The fourth-order valence-electron chi connectivity index (χ4n) is 3.44. The van der Waals surface area contributed by atoms with E-state index >= 15 is 0 Å². The molecule has 1 atom stereocenters. The minimum absolute atomic E-state index is 0.0624. The van der Waals surface area contributed by atoms with E-state index in [-0.39, 0.29) is 18.2 Å². The Kier molecular flexibility index (Phi) is 7.19. The maximum atomic E-state index is 12.8. The predicted molar refractivity (Wildman–Crippen MR) is 110 cm³/mol. The van der Waals surface area contributed by atoms with Crippen molar-refractivity contribution in [3.8, 4) is 5.75 Å². The number of hydrogen-bond donors (Lipinski definition) is 1. The van der Waals surface area contributed by atoms with Crippen molar-refractivity contribution in [3.05, 3.63) is 59.9 Å². The second-order valence-corrected chi connectivity index (χ2v) is 7.17. The molecule has 0 aliphatic carbocycles. The van der Waals surface area contributed by atoms with Crippen molar-refractivity contribution in [2.24, 2.45) is 0 Å². The van der Waals surface area contributed by atoms with Crippen LogP contribution in [0, 0.1) is 0 Å². The number of benzene rings is 1. The van der Waals surface area contributed by atoms with Crippen molar-refractivity contribution in [1.82, 2.24) is 20.1 Å². The number of piperazine rings is 1. The van der Waals surface area contributed by atoms with Gasteiger partial charge in [0.15, 0.2) is 0 Å². The van der Waals surface area contributed by atoms with Gasteiger partial charge in [0.2, 0.25) is 11.8 Å². The molecule has 1 aliphatic heterocycles. The Labute approximate surface area is 171 Å². The topological polar surface area (TPSA) is 74.8 Å². The highest BCUT2D eigenvalue weighted by molar-refractivity contribution is 5.88. The van der Waals surface area contributed by atoms with Crippen LogP contribution in [-0.2, 0) is 22.7 Å². The summed E-state index contributed by atoms with van der Waals surface area (Å²) < 4.78 is 5.48. The van der Waals surface area contributed by atoms with Gasteiger partial charge in [0, 0.05) is 45.6 Å². The lowest BCUT2D eigenvalue weighted by Gasteiger charge is -2.35. The summed E-state index contributed by atoms with van der Waals surface area (Å²) in [6.07, 6.45) is 3.60. The third kappa shape index (κ3) is 5.77. The molecule has 1 aromatic heterocycles. The highest BCUT2D eigenvalue weighted by Crippen LogP contribution is 2.18. The minimum Gasteiger partial charge on any atom is -0.494 e. The lowest BCUT2D eigenvalue weighted by atomic mass is 10.1. The summed E-state index contributed by atoms with van der Waals surface area (Å²) in [7, 11) is 1.76. The van der Waals surface area contributed by atoms with E-state index in [4.69, 9.17) is 4.74 Å². The van der Waals surface area contributed by atoms with Gasteiger partial charge in [0.25, 0.3) is 0 Å². The molecule has 0 spiro atoms. The fourth-order valence-corrected chi connectivity index (χ4v) is 3.44. The monoisotopic (exact) mass is 396 g/mol. The molecular formula is C22H28N4O3. The van der Waals surface area contributed by atoms with Crippen LogP contribution in [0.25, 0.3) is 0 Å². The zero-order valence-corrected chi connectivity index (χ0v) is 17.0. The number of hydrogen-bond acceptors (Lipinski definition) is 5. The van der Waals surface area contributed by atoms with Gasteiger partial charge in [0.1, 0.15) is 5.75 Å². The van der Waals surface area contributed by atoms with Gasteiger partial charge in [-0.3, -0.25) is 19.5 Å². The normalized spacial score (nSPS) is 16.9. The summed E-state index contributed by atoms with van der Waals surface area (Å²) in [5.41, 5.74) is 2.05. The van der Waals surface area contributed by atoms with Crippen molar-refractivity contribution in [2.45, 2.75) is 32.5 Å². The molecule has 2 aromatic rings. The number of nitrogens with zero attached hydrogens (tertiary/aromatic N) is 3. The predicted octanol–water partition coefficient (Wildman–Crippen LogP) is 1.83. The number of amides is 2. The second kappa shape index (κ2) is 10.0. The van der Waals surface area contributed by atoms with Gasteiger partial charge >= 0.3 is 0 Å². The van der Waals surface area contributed by atoms with Crippen molar-refractivity contribution >= 4 is 11.8 Å². The second-order valence-electron chi connectivity index (χ2n) is 7.17. The van der Waals surface area contributed by atoms with E-state index in [0.29, 0.717) is 32.8 Å². The molecule has 1 fully saturated rings. The lowest BCUT2D eigenvalue weighted by Crippen LogP contribution is -2.56. The third-order valence-corrected chi connectivity index (χ3v) is 5.00. The lowest BCUT2D eigenvalue weighted by molar-refractivity contribution is -0.138. The Morgan fingerprint density at radius 1 is 1.28 bits per heavy atom. The van der Waals surface area contributed by atoms with Gasteiger partial charge in [-0.1, -0.05) is 18.2 Å². The molecule has 1 saturated heterocycles. The van der Waals surface area contributed by atoms with E-state index in [2.05, 4.69) is 15.2 Å². The number of carbonyl (C=O) groups excluding carboxylic acids is 2. The molecule has 7 heteroatoms. The average molecular weight is 396 g/mol. The van der Waals surface area contributed by atoms with Crippen LogP contribution >= 0.6 is 0 Å². The van der Waals surface area contributed by atoms with Crippen LogP contribution in [-0.4, -0.2) is 59.4 Å². The zero-order chi connectivity index (χ0) is 20.6. The van der Waals surface area contributed by atoms with Gasteiger partial charge in [-0.25, -0.2) is 0 Å². The minimum atomic E-state index is -0.473. The standard InChI is InChI=1S/C22H28N4O3/c1-3-29-19-8-6-17(7-9-19)16-26-12-11-24-22(28)20(26)13-21(27)25(2)15-18-5-4-10-23-14-18/h4-10,14,20H,3,11-13,15-16H2,1-2H3,(H,24,28)/t20-/m1/s1. The van der Waals surface area contributed by atoms with E-state index in [1.54, 1.807) is 24.3 Å². The maximum Gasteiger partial charge on any atom is 0.237 e. The molecule has 0 saturated carbocycles. The molecule has 3 rings (SSSR count). The molecule has 0 unspecified atom stereocenters. The Morgan fingerprint density at radius 3 is 2.76 bits per heavy atom. The van der Waals surface area contributed by atoms with Gasteiger partial charge in [-0.05, 0) is 36.2 Å². The van der Waals surface area contributed by atoms with E-state index in [9.17, 15) is 9.59 Å². The van der Waals surface area contributed by atoms with Gasteiger partial charge < -0.3 is 15.0 Å².